The lowest BCUT2D eigenvalue weighted by Crippen LogP contribution is -2.44. The van der Waals surface area contributed by atoms with Crippen LogP contribution in [0, 0.1) is 0 Å². The zero-order chi connectivity index (χ0) is 19.7. The van der Waals surface area contributed by atoms with Crippen LogP contribution in [0.4, 0.5) is 0 Å². The van der Waals surface area contributed by atoms with Crippen molar-refractivity contribution in [2.75, 3.05) is 7.05 Å². The third-order valence-corrected chi connectivity index (χ3v) is 6.82. The molecule has 28 heavy (non-hydrogen) atoms. The highest BCUT2D eigenvalue weighted by molar-refractivity contribution is 7.17. The van der Waals surface area contributed by atoms with Crippen molar-refractivity contribution in [3.05, 3.63) is 40.8 Å². The second-order valence-corrected chi connectivity index (χ2v) is 8.59. The molecule has 0 spiro atoms. The summed E-state index contributed by atoms with van der Waals surface area (Å²) in [6, 6.07) is 9.88. The van der Waals surface area contributed by atoms with Gasteiger partial charge in [-0.3, -0.25) is 4.79 Å². The molecule has 148 valence electrons. The number of ether oxygens (including phenoxy) is 2. The number of hydrogen-bond donors (Lipinski definition) is 0. The lowest BCUT2D eigenvalue weighted by atomic mass is 9.94. The highest BCUT2D eigenvalue weighted by atomic mass is 32.1. The summed E-state index contributed by atoms with van der Waals surface area (Å²) in [5.41, 5.74) is 1.97. The van der Waals surface area contributed by atoms with E-state index < -0.39 is 12.1 Å². The van der Waals surface area contributed by atoms with Gasteiger partial charge in [0.05, 0.1) is 0 Å². The molecule has 2 heterocycles. The molecule has 2 aromatic rings. The van der Waals surface area contributed by atoms with E-state index in [0.717, 1.165) is 47.4 Å². The van der Waals surface area contributed by atoms with Crippen LogP contribution >= 0.6 is 11.3 Å². The van der Waals surface area contributed by atoms with E-state index in [-0.39, 0.29) is 11.9 Å². The Morgan fingerprint density at radius 2 is 1.96 bits per heavy atom. The molecule has 1 aromatic heterocycles. The molecule has 0 bridgehead atoms. The number of thiophene rings is 1. The molecule has 1 aliphatic carbocycles. The normalized spacial score (nSPS) is 17.1. The molecular weight excluding hydrogens is 374 g/mol. The molecule has 5 nitrogen and oxygen atoms in total. The van der Waals surface area contributed by atoms with Crippen molar-refractivity contribution in [1.82, 2.24) is 4.90 Å². The molecule has 2 aliphatic rings. The van der Waals surface area contributed by atoms with Crippen molar-refractivity contribution in [1.29, 1.82) is 0 Å². The van der Waals surface area contributed by atoms with Gasteiger partial charge in [-0.05, 0) is 38.0 Å². The molecule has 0 unspecified atom stereocenters. The second-order valence-electron chi connectivity index (χ2n) is 7.54. The van der Waals surface area contributed by atoms with Crippen molar-refractivity contribution >= 4 is 23.2 Å². The molecular formula is C22H25NO4S. The largest absolute Gasteiger partial charge is 0.488 e. The Hall–Kier alpha value is -2.34. The van der Waals surface area contributed by atoms with Crippen LogP contribution in [0.25, 0.3) is 10.4 Å². The van der Waals surface area contributed by atoms with Crippen molar-refractivity contribution in [3.63, 3.8) is 0 Å². The molecule has 1 fully saturated rings. The van der Waals surface area contributed by atoms with Crippen LogP contribution in [0.5, 0.6) is 5.75 Å². The number of para-hydroxylation sites is 1. The van der Waals surface area contributed by atoms with E-state index in [2.05, 4.69) is 0 Å². The average Bonchev–Trinajstić information content (AvgIpc) is 3.18. The van der Waals surface area contributed by atoms with E-state index in [1.165, 1.54) is 17.8 Å². The zero-order valence-electron chi connectivity index (χ0n) is 16.3. The number of hydrogen-bond acceptors (Lipinski definition) is 5. The molecule has 0 N–H and O–H groups in total. The summed E-state index contributed by atoms with van der Waals surface area (Å²) >= 11 is 1.40. The molecule has 0 radical (unpaired) electrons. The van der Waals surface area contributed by atoms with Gasteiger partial charge in [0.2, 0.25) is 0 Å². The van der Waals surface area contributed by atoms with Crippen molar-refractivity contribution in [3.8, 4) is 16.2 Å². The van der Waals surface area contributed by atoms with Gasteiger partial charge in [0.25, 0.3) is 5.91 Å². The number of esters is 1. The fourth-order valence-electron chi connectivity index (χ4n) is 4.00. The lowest BCUT2D eigenvalue weighted by molar-refractivity contribution is -0.141. The number of carbonyl (C=O) groups excluding carboxylic acids is 2. The molecule has 1 saturated carbocycles. The van der Waals surface area contributed by atoms with Crippen molar-refractivity contribution < 1.29 is 19.1 Å². The van der Waals surface area contributed by atoms with Gasteiger partial charge in [-0.1, -0.05) is 31.4 Å². The number of amides is 1. The summed E-state index contributed by atoms with van der Waals surface area (Å²) in [6.45, 7) is 2.10. The van der Waals surface area contributed by atoms with Gasteiger partial charge in [-0.25, -0.2) is 4.79 Å². The van der Waals surface area contributed by atoms with Crippen molar-refractivity contribution in [2.24, 2.45) is 0 Å². The van der Waals surface area contributed by atoms with Crippen LogP contribution in [-0.4, -0.2) is 36.0 Å². The number of fused-ring (bicyclic) bond motifs is 3. The molecule has 6 heteroatoms. The van der Waals surface area contributed by atoms with E-state index in [4.69, 9.17) is 9.47 Å². The van der Waals surface area contributed by atoms with Gasteiger partial charge in [0.15, 0.2) is 6.10 Å². The van der Waals surface area contributed by atoms with Crippen LogP contribution in [0.1, 0.15) is 54.3 Å². The maximum Gasteiger partial charge on any atom is 0.349 e. The Kier molecular flexibility index (Phi) is 5.40. The molecule has 1 amide bonds. The predicted octanol–water partition coefficient (Wildman–Crippen LogP) is 4.64. The monoisotopic (exact) mass is 399 g/mol. The average molecular weight is 400 g/mol. The first-order valence-electron chi connectivity index (χ1n) is 9.87. The molecule has 4 rings (SSSR count). The first kappa shape index (κ1) is 19.0. The number of carbonyl (C=O) groups is 2. The van der Waals surface area contributed by atoms with Crippen LogP contribution in [0.15, 0.2) is 30.3 Å². The van der Waals surface area contributed by atoms with Crippen LogP contribution in [0.3, 0.4) is 0 Å². The standard InChI is InChI=1S/C22H25NO4S/c1-14(21(24)23(2)16-8-4-3-5-9-16)27-22(25)19-12-15-13-26-18-11-7-6-10-17(18)20(15)28-19/h6-7,10-12,14,16H,3-5,8-9,13H2,1-2H3/t14-/m0/s1. The first-order valence-corrected chi connectivity index (χ1v) is 10.7. The van der Waals surface area contributed by atoms with Gasteiger partial charge >= 0.3 is 5.97 Å². The van der Waals surface area contributed by atoms with Crippen molar-refractivity contribution in [2.45, 2.75) is 57.8 Å². The highest BCUT2D eigenvalue weighted by Gasteiger charge is 2.29. The Labute approximate surface area is 169 Å². The first-order chi connectivity index (χ1) is 13.5. The minimum Gasteiger partial charge on any atom is -0.488 e. The van der Waals surface area contributed by atoms with Crippen LogP contribution in [-0.2, 0) is 16.1 Å². The number of nitrogens with zero attached hydrogens (tertiary/aromatic N) is 1. The summed E-state index contributed by atoms with van der Waals surface area (Å²) in [6.07, 6.45) is 4.81. The number of likely N-dealkylation sites (N-methyl/N-ethyl adjacent to an activating group) is 1. The maximum atomic E-state index is 12.7. The van der Waals surface area contributed by atoms with Gasteiger partial charge in [0.1, 0.15) is 17.2 Å². The van der Waals surface area contributed by atoms with E-state index in [9.17, 15) is 9.59 Å². The fraction of sp³-hybridized carbons (Fsp3) is 0.455. The van der Waals surface area contributed by atoms with E-state index in [1.54, 1.807) is 11.8 Å². The predicted molar refractivity (Wildman–Crippen MR) is 109 cm³/mol. The van der Waals surface area contributed by atoms with E-state index in [0.29, 0.717) is 11.5 Å². The summed E-state index contributed by atoms with van der Waals surface area (Å²) in [5.74, 6) is 0.249. The molecule has 1 aromatic carbocycles. The maximum absolute atomic E-state index is 12.7. The minimum absolute atomic E-state index is 0.129. The van der Waals surface area contributed by atoms with Gasteiger partial charge in [-0.2, -0.15) is 0 Å². The van der Waals surface area contributed by atoms with Gasteiger partial charge in [-0.15, -0.1) is 11.3 Å². The Morgan fingerprint density at radius 1 is 1.21 bits per heavy atom. The molecule has 0 saturated heterocycles. The third-order valence-electron chi connectivity index (χ3n) is 5.63. The summed E-state index contributed by atoms with van der Waals surface area (Å²) < 4.78 is 11.3. The van der Waals surface area contributed by atoms with Crippen LogP contribution in [0.2, 0.25) is 0 Å². The number of rotatable bonds is 4. The second kappa shape index (κ2) is 7.95. The Balaban J connectivity index is 1.44. The molecule has 1 aliphatic heterocycles. The molecule has 1 atom stereocenters. The minimum atomic E-state index is -0.790. The quantitative estimate of drug-likeness (QED) is 0.703. The van der Waals surface area contributed by atoms with Gasteiger partial charge < -0.3 is 14.4 Å². The van der Waals surface area contributed by atoms with E-state index in [1.807, 2.05) is 37.4 Å². The van der Waals surface area contributed by atoms with Crippen LogP contribution < -0.4 is 4.74 Å². The van der Waals surface area contributed by atoms with Gasteiger partial charge in [0, 0.05) is 29.1 Å². The Morgan fingerprint density at radius 3 is 2.75 bits per heavy atom. The Bertz CT molecular complexity index is 884. The SMILES string of the molecule is C[C@H](OC(=O)c1cc2c(s1)-c1ccccc1OC2)C(=O)N(C)C1CCCCC1. The third kappa shape index (κ3) is 3.65. The fourth-order valence-corrected chi connectivity index (χ4v) is 5.08. The highest BCUT2D eigenvalue weighted by Crippen LogP contribution is 2.42. The zero-order valence-corrected chi connectivity index (χ0v) is 17.1. The summed E-state index contributed by atoms with van der Waals surface area (Å²) in [4.78, 5) is 28.7. The summed E-state index contributed by atoms with van der Waals surface area (Å²) in [5, 5.41) is 0. The van der Waals surface area contributed by atoms with E-state index >= 15 is 0 Å². The number of benzene rings is 1. The topological polar surface area (TPSA) is 55.8 Å². The summed E-state index contributed by atoms with van der Waals surface area (Å²) in [7, 11) is 1.82. The smallest absolute Gasteiger partial charge is 0.349 e. The lowest BCUT2D eigenvalue weighted by Gasteiger charge is -2.32.